The molecule has 1 heterocycles. The zero-order valence-electron chi connectivity index (χ0n) is 13.8. The van der Waals surface area contributed by atoms with Crippen molar-refractivity contribution in [1.29, 1.82) is 0 Å². The summed E-state index contributed by atoms with van der Waals surface area (Å²) in [7, 11) is 0. The van der Waals surface area contributed by atoms with E-state index in [0.29, 0.717) is 5.75 Å². The van der Waals surface area contributed by atoms with Crippen LogP contribution in [-0.2, 0) is 5.75 Å². The molecular weight excluding hydrogens is 374 g/mol. The molecule has 9 heteroatoms. The lowest BCUT2D eigenvalue weighted by molar-refractivity contribution is 0.102. The van der Waals surface area contributed by atoms with E-state index in [2.05, 4.69) is 15.3 Å². The highest BCUT2D eigenvalue weighted by Gasteiger charge is 2.16. The molecule has 0 saturated carbocycles. The molecule has 0 saturated heterocycles. The van der Waals surface area contributed by atoms with Gasteiger partial charge in [-0.1, -0.05) is 36.0 Å². The lowest BCUT2D eigenvalue weighted by atomic mass is 10.2. The highest BCUT2D eigenvalue weighted by Crippen LogP contribution is 2.21. The minimum atomic E-state index is -0.807. The number of H-pyrrole nitrogens is 1. The van der Waals surface area contributed by atoms with Crippen molar-refractivity contribution in [3.8, 4) is 0 Å². The Morgan fingerprint density at radius 1 is 1.15 bits per heavy atom. The van der Waals surface area contributed by atoms with Crippen LogP contribution in [0.15, 0.2) is 58.5 Å². The molecule has 0 aliphatic rings. The molecule has 0 spiro atoms. The van der Waals surface area contributed by atoms with E-state index in [-0.39, 0.29) is 28.0 Å². The summed E-state index contributed by atoms with van der Waals surface area (Å²) in [6.07, 6.45) is 0. The maximum atomic E-state index is 13.7. The SMILES string of the molecule is Nc1nc(SCc2ccc(F)cc2)[nH]c(=O)c1NC(=O)c1ccccc1F. The van der Waals surface area contributed by atoms with Crippen LogP contribution in [0.2, 0.25) is 0 Å². The Morgan fingerprint density at radius 2 is 1.85 bits per heavy atom. The van der Waals surface area contributed by atoms with E-state index < -0.39 is 17.3 Å². The molecule has 0 radical (unpaired) electrons. The van der Waals surface area contributed by atoms with Crippen LogP contribution in [0.1, 0.15) is 15.9 Å². The molecule has 4 N–H and O–H groups in total. The maximum Gasteiger partial charge on any atom is 0.277 e. The number of nitrogens with zero attached hydrogens (tertiary/aromatic N) is 1. The van der Waals surface area contributed by atoms with Gasteiger partial charge in [-0.3, -0.25) is 14.6 Å². The monoisotopic (exact) mass is 388 g/mol. The average molecular weight is 388 g/mol. The van der Waals surface area contributed by atoms with Crippen LogP contribution in [-0.4, -0.2) is 15.9 Å². The second-order valence-electron chi connectivity index (χ2n) is 5.48. The van der Waals surface area contributed by atoms with Crippen molar-refractivity contribution < 1.29 is 13.6 Å². The summed E-state index contributed by atoms with van der Waals surface area (Å²) in [4.78, 5) is 30.9. The number of rotatable bonds is 5. The number of hydrogen-bond donors (Lipinski definition) is 3. The van der Waals surface area contributed by atoms with Gasteiger partial charge in [0.05, 0.1) is 5.56 Å². The second-order valence-corrected chi connectivity index (χ2v) is 6.44. The van der Waals surface area contributed by atoms with Gasteiger partial charge in [-0.15, -0.1) is 0 Å². The van der Waals surface area contributed by atoms with E-state index in [1.54, 1.807) is 12.1 Å². The summed E-state index contributed by atoms with van der Waals surface area (Å²) in [5.74, 6) is -1.62. The Bertz CT molecular complexity index is 1040. The van der Waals surface area contributed by atoms with Crippen molar-refractivity contribution in [2.75, 3.05) is 11.1 Å². The van der Waals surface area contributed by atoms with Gasteiger partial charge in [0.15, 0.2) is 11.0 Å². The second kappa shape index (κ2) is 8.00. The largest absolute Gasteiger partial charge is 0.382 e. The number of anilines is 2. The van der Waals surface area contributed by atoms with E-state index in [4.69, 9.17) is 5.73 Å². The molecular formula is C18H14F2N4O2S. The number of carbonyl (C=O) groups is 1. The first-order valence-corrected chi connectivity index (χ1v) is 8.75. The Balaban J connectivity index is 1.75. The molecule has 0 unspecified atom stereocenters. The van der Waals surface area contributed by atoms with Gasteiger partial charge in [-0.05, 0) is 29.8 Å². The third kappa shape index (κ3) is 4.50. The first-order valence-electron chi connectivity index (χ1n) is 7.77. The van der Waals surface area contributed by atoms with Crippen molar-refractivity contribution >= 4 is 29.2 Å². The summed E-state index contributed by atoms with van der Waals surface area (Å²) in [6, 6.07) is 11.3. The van der Waals surface area contributed by atoms with E-state index in [1.165, 1.54) is 42.1 Å². The van der Waals surface area contributed by atoms with Crippen LogP contribution < -0.4 is 16.6 Å². The Kier molecular flexibility index (Phi) is 5.51. The van der Waals surface area contributed by atoms with Gasteiger partial charge in [0.2, 0.25) is 0 Å². The Labute approximate surface area is 156 Å². The minimum Gasteiger partial charge on any atom is -0.382 e. The fourth-order valence-electron chi connectivity index (χ4n) is 2.22. The predicted octanol–water partition coefficient (Wildman–Crippen LogP) is 3.17. The standard InChI is InChI=1S/C18H14F2N4O2S/c19-11-7-5-10(6-8-11)9-27-18-23-15(21)14(17(26)24-18)22-16(25)12-3-1-2-4-13(12)20/h1-8H,9H2,(H,22,25)(H3,21,23,24,26). The first kappa shape index (κ1) is 18.6. The van der Waals surface area contributed by atoms with Crippen LogP contribution in [0.5, 0.6) is 0 Å². The van der Waals surface area contributed by atoms with Gasteiger partial charge >= 0.3 is 0 Å². The van der Waals surface area contributed by atoms with Gasteiger partial charge in [0, 0.05) is 5.75 Å². The topological polar surface area (TPSA) is 101 Å². The smallest absolute Gasteiger partial charge is 0.277 e. The maximum absolute atomic E-state index is 13.7. The molecule has 6 nitrogen and oxygen atoms in total. The summed E-state index contributed by atoms with van der Waals surface area (Å²) in [6.45, 7) is 0. The van der Waals surface area contributed by atoms with Gasteiger partial charge in [-0.25, -0.2) is 13.8 Å². The molecule has 0 atom stereocenters. The minimum absolute atomic E-state index is 0.190. The lowest BCUT2D eigenvalue weighted by Crippen LogP contribution is -2.23. The van der Waals surface area contributed by atoms with Crippen LogP contribution >= 0.6 is 11.8 Å². The van der Waals surface area contributed by atoms with Crippen LogP contribution in [0.4, 0.5) is 20.3 Å². The molecule has 0 bridgehead atoms. The summed E-state index contributed by atoms with van der Waals surface area (Å²) < 4.78 is 26.6. The summed E-state index contributed by atoms with van der Waals surface area (Å²) in [5.41, 5.74) is 5.48. The zero-order valence-corrected chi connectivity index (χ0v) is 14.6. The fraction of sp³-hybridized carbons (Fsp3) is 0.0556. The summed E-state index contributed by atoms with van der Waals surface area (Å²) in [5, 5.41) is 2.52. The van der Waals surface area contributed by atoms with Crippen molar-refractivity contribution in [1.82, 2.24) is 9.97 Å². The van der Waals surface area contributed by atoms with Crippen LogP contribution in [0.3, 0.4) is 0 Å². The number of benzene rings is 2. The number of nitrogens with one attached hydrogen (secondary N) is 2. The van der Waals surface area contributed by atoms with Crippen molar-refractivity contribution in [2.24, 2.45) is 0 Å². The van der Waals surface area contributed by atoms with Crippen molar-refractivity contribution in [3.63, 3.8) is 0 Å². The van der Waals surface area contributed by atoms with E-state index in [0.717, 1.165) is 11.6 Å². The molecule has 1 amide bonds. The summed E-state index contributed by atoms with van der Waals surface area (Å²) >= 11 is 1.19. The first-order chi connectivity index (χ1) is 12.9. The number of aromatic amines is 1. The van der Waals surface area contributed by atoms with Crippen molar-refractivity contribution in [3.05, 3.63) is 81.6 Å². The fourth-order valence-corrected chi connectivity index (χ4v) is 3.04. The molecule has 3 rings (SSSR count). The van der Waals surface area contributed by atoms with Gasteiger partial charge < -0.3 is 11.1 Å². The highest BCUT2D eigenvalue weighted by atomic mass is 32.2. The third-order valence-electron chi connectivity index (χ3n) is 3.57. The van der Waals surface area contributed by atoms with E-state index >= 15 is 0 Å². The number of carbonyl (C=O) groups excluding carboxylic acids is 1. The molecule has 0 aliphatic heterocycles. The van der Waals surface area contributed by atoms with E-state index in [9.17, 15) is 18.4 Å². The predicted molar refractivity (Wildman–Crippen MR) is 99.6 cm³/mol. The highest BCUT2D eigenvalue weighted by molar-refractivity contribution is 7.98. The number of halogens is 2. The molecule has 1 aromatic heterocycles. The lowest BCUT2D eigenvalue weighted by Gasteiger charge is -2.09. The normalized spacial score (nSPS) is 10.6. The molecule has 0 aliphatic carbocycles. The Hall–Kier alpha value is -3.20. The van der Waals surface area contributed by atoms with Gasteiger partial charge in [0.25, 0.3) is 11.5 Å². The van der Waals surface area contributed by atoms with Gasteiger partial charge in [0.1, 0.15) is 17.3 Å². The van der Waals surface area contributed by atoms with Crippen molar-refractivity contribution in [2.45, 2.75) is 10.9 Å². The van der Waals surface area contributed by atoms with Crippen LogP contribution in [0.25, 0.3) is 0 Å². The molecule has 138 valence electrons. The number of aromatic nitrogens is 2. The zero-order chi connectivity index (χ0) is 19.4. The number of hydrogen-bond acceptors (Lipinski definition) is 5. The molecule has 27 heavy (non-hydrogen) atoms. The number of amides is 1. The molecule has 3 aromatic rings. The molecule has 0 fully saturated rings. The van der Waals surface area contributed by atoms with Crippen LogP contribution in [0, 0.1) is 11.6 Å². The van der Waals surface area contributed by atoms with E-state index in [1.807, 2.05) is 0 Å². The molecule has 2 aromatic carbocycles. The number of thioether (sulfide) groups is 1. The quantitative estimate of drug-likeness (QED) is 0.460. The number of nitrogens with two attached hydrogens (primary N) is 1. The number of nitrogen functional groups attached to an aromatic ring is 1. The Morgan fingerprint density at radius 3 is 2.52 bits per heavy atom. The average Bonchev–Trinajstić information content (AvgIpc) is 2.64. The van der Waals surface area contributed by atoms with Gasteiger partial charge in [-0.2, -0.15) is 0 Å². The third-order valence-corrected chi connectivity index (χ3v) is 4.52.